The molecule has 0 aliphatic carbocycles. The summed E-state index contributed by atoms with van der Waals surface area (Å²) in [5.74, 6) is 0.911. The van der Waals surface area contributed by atoms with E-state index >= 15 is 0 Å². The van der Waals surface area contributed by atoms with Crippen LogP contribution in [-0.2, 0) is 0 Å². The summed E-state index contributed by atoms with van der Waals surface area (Å²) in [5, 5.41) is 3.50. The molecule has 0 amide bonds. The molecule has 84 valence electrons. The van der Waals surface area contributed by atoms with Gasteiger partial charge in [0.2, 0.25) is 0 Å². The Balaban J connectivity index is 1.94. The monoisotopic (exact) mass is 206 g/mol. The molecule has 0 saturated carbocycles. The van der Waals surface area contributed by atoms with Gasteiger partial charge in [0.1, 0.15) is 0 Å². The maximum Gasteiger partial charge on any atom is 0.0264 e. The largest absolute Gasteiger partial charge is 0.315 e. The van der Waals surface area contributed by atoms with Gasteiger partial charge in [-0.25, -0.2) is 0 Å². The van der Waals surface area contributed by atoms with Crippen LogP contribution in [-0.4, -0.2) is 37.1 Å². The average molecular weight is 206 g/mol. The zero-order valence-electron chi connectivity index (χ0n) is 9.87. The number of nitrogens with zero attached hydrogens (tertiary/aromatic N) is 1. The van der Waals surface area contributed by atoms with Gasteiger partial charge in [-0.2, -0.15) is 0 Å². The van der Waals surface area contributed by atoms with Crippen LogP contribution in [0, 0.1) is 5.92 Å². The van der Waals surface area contributed by atoms with Crippen LogP contribution in [0.4, 0.5) is 0 Å². The predicted molar refractivity (Wildman–Crippen MR) is 64.9 cm³/mol. The lowest BCUT2D eigenvalue weighted by Crippen LogP contribution is -2.35. The Labute approximate surface area is 93.0 Å². The molecule has 0 aromatic rings. The van der Waals surface area contributed by atoms with Gasteiger partial charge in [0.05, 0.1) is 0 Å². The first-order valence-electron chi connectivity index (χ1n) is 6.07. The van der Waals surface area contributed by atoms with E-state index < -0.39 is 0 Å². The third-order valence-electron chi connectivity index (χ3n) is 3.70. The van der Waals surface area contributed by atoms with Gasteiger partial charge >= 0.3 is 0 Å². The van der Waals surface area contributed by atoms with Crippen LogP contribution in [0.25, 0.3) is 0 Å². The molecular formula is C13H22N2. The Bertz CT molecular complexity index is 268. The van der Waals surface area contributed by atoms with E-state index in [1.54, 1.807) is 0 Å². The van der Waals surface area contributed by atoms with Gasteiger partial charge in [-0.05, 0) is 44.8 Å². The smallest absolute Gasteiger partial charge is 0.0264 e. The van der Waals surface area contributed by atoms with Crippen molar-refractivity contribution in [2.45, 2.75) is 26.3 Å². The molecule has 2 heteroatoms. The molecule has 0 unspecified atom stereocenters. The third kappa shape index (κ3) is 2.32. The number of hydrogen-bond acceptors (Lipinski definition) is 2. The first-order chi connectivity index (χ1) is 7.35. The van der Waals surface area contributed by atoms with Gasteiger partial charge in [-0.15, -0.1) is 0 Å². The van der Waals surface area contributed by atoms with Gasteiger partial charge < -0.3 is 5.32 Å². The number of rotatable bonds is 3. The standard InChI is InChI=1S/C13H22N2/c1-3-5-11(4-2)10-15-7-6-12-8-14-9-13(12)15/h3-5,12-14H,6-10H2,1-2H3/b5-3-,11-4+/t12-,13+/m0/s1. The molecule has 0 bridgehead atoms. The third-order valence-corrected chi connectivity index (χ3v) is 3.70. The van der Waals surface area contributed by atoms with E-state index in [2.05, 4.69) is 42.3 Å². The molecule has 2 fully saturated rings. The summed E-state index contributed by atoms with van der Waals surface area (Å²) in [6, 6.07) is 0.796. The van der Waals surface area contributed by atoms with Crippen LogP contribution in [0.2, 0.25) is 0 Å². The summed E-state index contributed by atoms with van der Waals surface area (Å²) in [4.78, 5) is 2.64. The van der Waals surface area contributed by atoms with Crippen LogP contribution in [0.5, 0.6) is 0 Å². The fourth-order valence-electron chi connectivity index (χ4n) is 2.82. The Morgan fingerprint density at radius 3 is 3.00 bits per heavy atom. The summed E-state index contributed by atoms with van der Waals surface area (Å²) in [5.41, 5.74) is 1.45. The highest BCUT2D eigenvalue weighted by Gasteiger charge is 2.37. The van der Waals surface area contributed by atoms with Crippen molar-refractivity contribution in [1.82, 2.24) is 10.2 Å². The molecule has 2 atom stereocenters. The molecule has 2 saturated heterocycles. The van der Waals surface area contributed by atoms with Crippen molar-refractivity contribution < 1.29 is 0 Å². The van der Waals surface area contributed by atoms with Gasteiger partial charge in [-0.3, -0.25) is 4.90 Å². The van der Waals surface area contributed by atoms with Gasteiger partial charge in [0, 0.05) is 19.1 Å². The fourth-order valence-corrected chi connectivity index (χ4v) is 2.82. The van der Waals surface area contributed by atoms with Crippen molar-refractivity contribution in [2.75, 3.05) is 26.2 Å². The molecule has 2 aliphatic rings. The van der Waals surface area contributed by atoms with E-state index in [0.29, 0.717) is 0 Å². The van der Waals surface area contributed by atoms with Crippen LogP contribution >= 0.6 is 0 Å². The molecule has 15 heavy (non-hydrogen) atoms. The molecule has 2 rings (SSSR count). The highest BCUT2D eigenvalue weighted by atomic mass is 15.2. The van der Waals surface area contributed by atoms with E-state index in [4.69, 9.17) is 0 Å². The maximum atomic E-state index is 3.50. The van der Waals surface area contributed by atoms with E-state index in [-0.39, 0.29) is 0 Å². The summed E-state index contributed by atoms with van der Waals surface area (Å²) in [6.07, 6.45) is 7.98. The minimum Gasteiger partial charge on any atom is -0.315 e. The van der Waals surface area contributed by atoms with Gasteiger partial charge in [0.25, 0.3) is 0 Å². The molecule has 2 heterocycles. The number of fused-ring (bicyclic) bond motifs is 1. The normalized spacial score (nSPS) is 32.8. The number of nitrogens with one attached hydrogen (secondary N) is 1. The van der Waals surface area contributed by atoms with Crippen molar-refractivity contribution in [2.24, 2.45) is 5.92 Å². The zero-order chi connectivity index (χ0) is 10.7. The lowest BCUT2D eigenvalue weighted by Gasteiger charge is -2.23. The molecule has 2 nitrogen and oxygen atoms in total. The van der Waals surface area contributed by atoms with Crippen molar-refractivity contribution in [3.05, 3.63) is 23.8 Å². The second-order valence-electron chi connectivity index (χ2n) is 4.61. The van der Waals surface area contributed by atoms with Crippen LogP contribution in [0.1, 0.15) is 20.3 Å². The van der Waals surface area contributed by atoms with Crippen molar-refractivity contribution in [1.29, 1.82) is 0 Å². The second-order valence-corrected chi connectivity index (χ2v) is 4.61. The molecule has 2 aliphatic heterocycles. The maximum absolute atomic E-state index is 3.50. The van der Waals surface area contributed by atoms with E-state index in [9.17, 15) is 0 Å². The van der Waals surface area contributed by atoms with Crippen molar-refractivity contribution in [3.8, 4) is 0 Å². The lowest BCUT2D eigenvalue weighted by atomic mass is 10.0. The quantitative estimate of drug-likeness (QED) is 0.708. The van der Waals surface area contributed by atoms with E-state index in [1.807, 2.05) is 0 Å². The molecule has 0 aromatic carbocycles. The second kappa shape index (κ2) is 4.95. The summed E-state index contributed by atoms with van der Waals surface area (Å²) in [7, 11) is 0. The summed E-state index contributed by atoms with van der Waals surface area (Å²) >= 11 is 0. The minimum atomic E-state index is 0.796. The number of likely N-dealkylation sites (tertiary alicyclic amines) is 1. The molecule has 1 N–H and O–H groups in total. The molecular weight excluding hydrogens is 184 g/mol. The number of hydrogen-bond donors (Lipinski definition) is 1. The Hall–Kier alpha value is -0.600. The van der Waals surface area contributed by atoms with Gasteiger partial charge in [-0.1, -0.05) is 18.2 Å². The Kier molecular flexibility index (Phi) is 3.60. The minimum absolute atomic E-state index is 0.796. The lowest BCUT2D eigenvalue weighted by molar-refractivity contribution is 0.275. The molecule has 0 aromatic heterocycles. The number of allylic oxidation sites excluding steroid dienone is 2. The molecule has 0 spiro atoms. The highest BCUT2D eigenvalue weighted by molar-refractivity contribution is 5.20. The zero-order valence-corrected chi connectivity index (χ0v) is 9.87. The van der Waals surface area contributed by atoms with Gasteiger partial charge in [0.15, 0.2) is 0 Å². The highest BCUT2D eigenvalue weighted by Crippen LogP contribution is 2.27. The van der Waals surface area contributed by atoms with Crippen LogP contribution in [0.15, 0.2) is 23.8 Å². The van der Waals surface area contributed by atoms with Crippen molar-refractivity contribution >= 4 is 0 Å². The van der Waals surface area contributed by atoms with E-state index in [0.717, 1.165) is 18.5 Å². The first kappa shape index (κ1) is 10.9. The topological polar surface area (TPSA) is 15.3 Å². The summed E-state index contributed by atoms with van der Waals surface area (Å²) < 4.78 is 0. The van der Waals surface area contributed by atoms with Crippen molar-refractivity contribution in [3.63, 3.8) is 0 Å². The van der Waals surface area contributed by atoms with E-state index in [1.165, 1.54) is 31.6 Å². The SMILES string of the molecule is C/C=C\C(=C/C)CN1CC[C@H]2CNC[C@H]21. The predicted octanol–water partition coefficient (Wildman–Crippen LogP) is 1.80. The molecule has 0 radical (unpaired) electrons. The summed E-state index contributed by atoms with van der Waals surface area (Å²) in [6.45, 7) is 9.06. The first-order valence-corrected chi connectivity index (χ1v) is 6.07. The van der Waals surface area contributed by atoms with Crippen LogP contribution in [0.3, 0.4) is 0 Å². The van der Waals surface area contributed by atoms with Crippen LogP contribution < -0.4 is 5.32 Å². The average Bonchev–Trinajstić information content (AvgIpc) is 2.81. The fraction of sp³-hybridized carbons (Fsp3) is 0.692. The Morgan fingerprint density at radius 1 is 1.40 bits per heavy atom. The Morgan fingerprint density at radius 2 is 2.27 bits per heavy atom.